The first-order valence-corrected chi connectivity index (χ1v) is 7.46. The molecule has 1 fully saturated rings. The third-order valence-corrected chi connectivity index (χ3v) is 4.03. The number of carbonyl (C=O) groups is 2. The van der Waals surface area contributed by atoms with E-state index in [1.807, 2.05) is 30.3 Å². The molecule has 0 saturated carbocycles. The Morgan fingerprint density at radius 1 is 1.09 bits per heavy atom. The van der Waals surface area contributed by atoms with Gasteiger partial charge in [0, 0.05) is 12.2 Å². The molecule has 4 nitrogen and oxygen atoms in total. The van der Waals surface area contributed by atoms with Crippen molar-refractivity contribution >= 4 is 29.1 Å². The largest absolute Gasteiger partial charge is 0.340 e. The van der Waals surface area contributed by atoms with Crippen LogP contribution < -0.4 is 10.2 Å². The zero-order valence-corrected chi connectivity index (χ0v) is 12.6. The molecule has 22 heavy (non-hydrogen) atoms. The number of anilines is 1. The molecule has 0 spiro atoms. The molecule has 3 rings (SSSR count). The number of amides is 2. The van der Waals surface area contributed by atoms with E-state index in [-0.39, 0.29) is 11.8 Å². The highest BCUT2D eigenvalue weighted by atomic mass is 35.5. The van der Waals surface area contributed by atoms with Gasteiger partial charge in [-0.1, -0.05) is 41.9 Å². The maximum absolute atomic E-state index is 12.4. The second-order valence-electron chi connectivity index (χ2n) is 5.12. The lowest BCUT2D eigenvalue weighted by molar-refractivity contribution is -0.118. The fourth-order valence-electron chi connectivity index (χ4n) is 2.56. The Morgan fingerprint density at radius 2 is 1.77 bits per heavy atom. The van der Waals surface area contributed by atoms with Crippen molar-refractivity contribution in [3.63, 3.8) is 0 Å². The molecule has 1 aliphatic rings. The van der Waals surface area contributed by atoms with Crippen molar-refractivity contribution < 1.29 is 9.59 Å². The highest BCUT2D eigenvalue weighted by Crippen LogP contribution is 2.22. The minimum absolute atomic E-state index is 0.0911. The Labute approximate surface area is 133 Å². The first kappa shape index (κ1) is 14.6. The molecule has 0 bridgehead atoms. The van der Waals surface area contributed by atoms with Crippen molar-refractivity contribution in [2.75, 3.05) is 11.4 Å². The lowest BCUT2D eigenvalue weighted by Gasteiger charge is -2.17. The predicted octanol–water partition coefficient (Wildman–Crippen LogP) is 2.88. The molecule has 0 radical (unpaired) electrons. The molecule has 1 heterocycles. The normalized spacial score (nSPS) is 17.6. The third-order valence-electron chi connectivity index (χ3n) is 3.70. The smallest absolute Gasteiger partial charge is 0.253 e. The van der Waals surface area contributed by atoms with Gasteiger partial charge in [0.1, 0.15) is 6.04 Å². The molecule has 2 aromatic carbocycles. The summed E-state index contributed by atoms with van der Waals surface area (Å²) in [6.45, 7) is 0.594. The zero-order valence-electron chi connectivity index (χ0n) is 11.8. The number of benzene rings is 2. The number of hydrogen-bond donors (Lipinski definition) is 1. The van der Waals surface area contributed by atoms with Gasteiger partial charge in [-0.25, -0.2) is 0 Å². The Balaban J connectivity index is 1.71. The average molecular weight is 315 g/mol. The van der Waals surface area contributed by atoms with Crippen molar-refractivity contribution in [3.05, 3.63) is 65.2 Å². The first-order chi connectivity index (χ1) is 10.7. The quantitative estimate of drug-likeness (QED) is 0.947. The summed E-state index contributed by atoms with van der Waals surface area (Å²) in [5.74, 6) is -0.412. The van der Waals surface area contributed by atoms with E-state index >= 15 is 0 Å². The molecular formula is C17H15ClN2O2. The van der Waals surface area contributed by atoms with Crippen LogP contribution in [0.4, 0.5) is 5.69 Å². The van der Waals surface area contributed by atoms with Gasteiger partial charge in [0.05, 0.1) is 10.6 Å². The van der Waals surface area contributed by atoms with Crippen LogP contribution in [0.25, 0.3) is 0 Å². The summed E-state index contributed by atoms with van der Waals surface area (Å²) < 4.78 is 0. The topological polar surface area (TPSA) is 49.4 Å². The van der Waals surface area contributed by atoms with Gasteiger partial charge in [0.2, 0.25) is 5.91 Å². The maximum atomic E-state index is 12.4. The summed E-state index contributed by atoms with van der Waals surface area (Å²) in [6.07, 6.45) is 0.587. The van der Waals surface area contributed by atoms with Crippen LogP contribution in [0.2, 0.25) is 5.02 Å². The summed E-state index contributed by atoms with van der Waals surface area (Å²) in [5.41, 5.74) is 1.23. The van der Waals surface area contributed by atoms with Crippen molar-refractivity contribution in [2.24, 2.45) is 0 Å². The third kappa shape index (κ3) is 2.83. The van der Waals surface area contributed by atoms with Crippen LogP contribution in [0.3, 0.4) is 0 Å². The monoisotopic (exact) mass is 314 g/mol. The van der Waals surface area contributed by atoms with Gasteiger partial charge in [-0.3, -0.25) is 9.59 Å². The predicted molar refractivity (Wildman–Crippen MR) is 86.1 cm³/mol. The van der Waals surface area contributed by atoms with E-state index in [9.17, 15) is 9.59 Å². The second kappa shape index (κ2) is 6.20. The van der Waals surface area contributed by atoms with E-state index in [1.54, 1.807) is 29.2 Å². The Kier molecular flexibility index (Phi) is 4.11. The molecule has 0 unspecified atom stereocenters. The highest BCUT2D eigenvalue weighted by Gasteiger charge is 2.33. The summed E-state index contributed by atoms with van der Waals surface area (Å²) in [5, 5.41) is 3.15. The second-order valence-corrected chi connectivity index (χ2v) is 5.53. The number of halogens is 1. The van der Waals surface area contributed by atoms with E-state index in [1.165, 1.54) is 0 Å². The maximum Gasteiger partial charge on any atom is 0.253 e. The van der Waals surface area contributed by atoms with Crippen molar-refractivity contribution in [2.45, 2.75) is 12.5 Å². The summed E-state index contributed by atoms with van der Waals surface area (Å²) in [6, 6.07) is 15.7. The Hall–Kier alpha value is -2.33. The van der Waals surface area contributed by atoms with Crippen LogP contribution in [-0.4, -0.2) is 24.4 Å². The van der Waals surface area contributed by atoms with Crippen molar-refractivity contribution in [1.29, 1.82) is 0 Å². The molecule has 2 aromatic rings. The summed E-state index contributed by atoms with van der Waals surface area (Å²) in [7, 11) is 0. The van der Waals surface area contributed by atoms with Gasteiger partial charge in [-0.15, -0.1) is 0 Å². The van der Waals surface area contributed by atoms with E-state index in [0.29, 0.717) is 23.6 Å². The van der Waals surface area contributed by atoms with E-state index in [2.05, 4.69) is 5.32 Å². The van der Waals surface area contributed by atoms with Crippen LogP contribution >= 0.6 is 11.6 Å². The molecule has 0 aromatic heterocycles. The summed E-state index contributed by atoms with van der Waals surface area (Å²) >= 11 is 6.01. The van der Waals surface area contributed by atoms with E-state index in [4.69, 9.17) is 11.6 Å². The molecule has 1 saturated heterocycles. The minimum Gasteiger partial charge on any atom is -0.340 e. The van der Waals surface area contributed by atoms with Crippen LogP contribution in [0.5, 0.6) is 0 Å². The van der Waals surface area contributed by atoms with E-state index < -0.39 is 6.04 Å². The molecule has 112 valence electrons. The fraction of sp³-hybridized carbons (Fsp3) is 0.176. The van der Waals surface area contributed by atoms with Gasteiger partial charge in [-0.2, -0.15) is 0 Å². The molecular weight excluding hydrogens is 300 g/mol. The van der Waals surface area contributed by atoms with Gasteiger partial charge in [0.15, 0.2) is 0 Å². The van der Waals surface area contributed by atoms with E-state index in [0.717, 1.165) is 5.69 Å². The lowest BCUT2D eigenvalue weighted by Crippen LogP contribution is -2.41. The Bertz CT molecular complexity index is 703. The van der Waals surface area contributed by atoms with Crippen molar-refractivity contribution in [1.82, 2.24) is 5.32 Å². The number of carbonyl (C=O) groups excluding carboxylic acids is 2. The molecule has 1 aliphatic heterocycles. The van der Waals surface area contributed by atoms with Crippen molar-refractivity contribution in [3.8, 4) is 0 Å². The zero-order chi connectivity index (χ0) is 15.5. The van der Waals surface area contributed by atoms with Crippen LogP contribution in [0.15, 0.2) is 54.6 Å². The molecule has 0 aliphatic carbocycles. The summed E-state index contributed by atoms with van der Waals surface area (Å²) in [4.78, 5) is 26.4. The fourth-order valence-corrected chi connectivity index (χ4v) is 2.78. The average Bonchev–Trinajstić information content (AvgIpc) is 2.89. The van der Waals surface area contributed by atoms with Gasteiger partial charge in [0.25, 0.3) is 5.91 Å². The van der Waals surface area contributed by atoms with Gasteiger partial charge < -0.3 is 10.2 Å². The first-order valence-electron chi connectivity index (χ1n) is 7.08. The molecule has 5 heteroatoms. The minimum atomic E-state index is -0.510. The molecule has 1 N–H and O–H groups in total. The molecule has 1 atom stereocenters. The van der Waals surface area contributed by atoms with Crippen LogP contribution in [-0.2, 0) is 4.79 Å². The number of rotatable bonds is 3. The standard InChI is InChI=1S/C17H15ClN2O2/c18-14-9-5-4-8-13(14)16(21)19-15-10-11-20(17(15)22)12-6-2-1-3-7-12/h1-9,15H,10-11H2,(H,19,21)/t15-/m0/s1. The number of nitrogens with zero attached hydrogens (tertiary/aromatic N) is 1. The number of nitrogens with one attached hydrogen (secondary N) is 1. The Morgan fingerprint density at radius 3 is 2.50 bits per heavy atom. The molecule has 2 amide bonds. The van der Waals surface area contributed by atoms with Crippen LogP contribution in [0.1, 0.15) is 16.8 Å². The van der Waals surface area contributed by atoms with Crippen LogP contribution in [0, 0.1) is 0 Å². The highest BCUT2D eigenvalue weighted by molar-refractivity contribution is 6.33. The van der Waals surface area contributed by atoms with Gasteiger partial charge >= 0.3 is 0 Å². The number of para-hydroxylation sites is 1. The number of hydrogen-bond acceptors (Lipinski definition) is 2. The lowest BCUT2D eigenvalue weighted by atomic mass is 10.2. The van der Waals surface area contributed by atoms with Gasteiger partial charge in [-0.05, 0) is 30.7 Å². The SMILES string of the molecule is O=C(N[C@H]1CCN(c2ccccc2)C1=O)c1ccccc1Cl.